The Kier molecular flexibility index (Phi) is 11.7. The van der Waals surface area contributed by atoms with Gasteiger partial charge in [0.05, 0.1) is 0 Å². The van der Waals surface area contributed by atoms with Gasteiger partial charge in [-0.1, -0.05) is 73.5 Å². The fourth-order valence-electron chi connectivity index (χ4n) is 9.75. The second kappa shape index (κ2) is 17.2. The van der Waals surface area contributed by atoms with Crippen molar-refractivity contribution >= 4 is 57.1 Å². The van der Waals surface area contributed by atoms with E-state index < -0.39 is 65.3 Å². The number of aromatic nitrogens is 1. The van der Waals surface area contributed by atoms with Crippen molar-refractivity contribution in [1.29, 1.82) is 0 Å². The average Bonchev–Trinajstić information content (AvgIpc) is 4.04. The molecule has 1 saturated carbocycles. The van der Waals surface area contributed by atoms with Crippen LogP contribution in [0.15, 0.2) is 72.9 Å². The third-order valence-electron chi connectivity index (χ3n) is 12.9. The van der Waals surface area contributed by atoms with Crippen LogP contribution in [0.3, 0.4) is 0 Å². The lowest BCUT2D eigenvalue weighted by molar-refractivity contribution is -0.151. The maximum Gasteiger partial charge on any atom is 0.246 e. The number of carbonyl (C=O) groups is 6. The lowest BCUT2D eigenvalue weighted by Gasteiger charge is -2.39. The van der Waals surface area contributed by atoms with Gasteiger partial charge in [0.1, 0.15) is 35.7 Å². The molecule has 5 atom stereocenters. The lowest BCUT2D eigenvalue weighted by Crippen LogP contribution is -2.65. The minimum absolute atomic E-state index is 0.0900. The van der Waals surface area contributed by atoms with Gasteiger partial charge in [0.25, 0.3) is 0 Å². The highest BCUT2D eigenvalue weighted by atomic mass is 16.2. The molecule has 14 nitrogen and oxygen atoms in total. The van der Waals surface area contributed by atoms with E-state index in [-0.39, 0.29) is 31.7 Å². The summed E-state index contributed by atoms with van der Waals surface area (Å²) in [7, 11) is 0. The number of fused-ring (bicyclic) bond motifs is 4. The first-order valence-corrected chi connectivity index (χ1v) is 21.2. The number of nitrogens with zero attached hydrogens (tertiary/aromatic N) is 2. The number of nitrogens with one attached hydrogen (secondary N) is 5. The third kappa shape index (κ3) is 8.14. The molecule has 14 heteroatoms. The summed E-state index contributed by atoms with van der Waals surface area (Å²) >= 11 is 0. The van der Waals surface area contributed by atoms with Crippen LogP contribution >= 0.6 is 0 Å². The van der Waals surface area contributed by atoms with Crippen LogP contribution in [-0.2, 0) is 41.6 Å². The highest BCUT2D eigenvalue weighted by Gasteiger charge is 2.47. The van der Waals surface area contributed by atoms with Crippen molar-refractivity contribution in [3.63, 3.8) is 0 Å². The van der Waals surface area contributed by atoms with E-state index in [9.17, 15) is 28.8 Å². The fourth-order valence-corrected chi connectivity index (χ4v) is 9.75. The Morgan fingerprint density at radius 3 is 2.08 bits per heavy atom. The smallest absolute Gasteiger partial charge is 0.246 e. The Morgan fingerprint density at radius 1 is 0.610 bits per heavy atom. The molecule has 1 aliphatic carbocycles. The van der Waals surface area contributed by atoms with E-state index in [4.69, 9.17) is 5.73 Å². The monoisotopic (exact) mass is 802 g/mol. The molecule has 3 saturated heterocycles. The molecule has 1 aromatic heterocycles. The van der Waals surface area contributed by atoms with Crippen LogP contribution in [0.25, 0.3) is 21.7 Å². The summed E-state index contributed by atoms with van der Waals surface area (Å²) in [6.07, 6.45) is 6.94. The molecule has 4 heterocycles. The summed E-state index contributed by atoms with van der Waals surface area (Å²) in [5, 5.41) is 14.9. The standard InChI is InChI=1S/C45H54N8O6/c46-22-19-34-42(57)53-24-10-18-38(53)43(58)52-23-8-5-17-37(52)41(56)49-36(26-30-27-47-33-16-4-3-15-32(30)33)40(55)51-45(20-6-7-21-45)44(59)50-35(39(54)48-34)25-29-13-9-12-28-11-1-2-14-31(28)29/h1-4,9,11-16,27,34-38,47H,5-8,10,17-26,46H2,(H,48,54)(H,49,56)(H,50,59)(H,51,55)/t34-,35-,36-,37+,38+/m0/s1. The first-order chi connectivity index (χ1) is 28.7. The molecular formula is C45H54N8O6. The molecule has 3 aromatic carbocycles. The predicted molar refractivity (Wildman–Crippen MR) is 223 cm³/mol. The molecule has 8 rings (SSSR count). The Bertz CT molecular complexity index is 2240. The van der Waals surface area contributed by atoms with Gasteiger partial charge in [-0.2, -0.15) is 0 Å². The largest absolute Gasteiger partial charge is 0.361 e. The van der Waals surface area contributed by atoms with Crippen LogP contribution in [0.1, 0.15) is 75.3 Å². The Labute approximate surface area is 343 Å². The van der Waals surface area contributed by atoms with Gasteiger partial charge in [-0.15, -0.1) is 0 Å². The zero-order valence-corrected chi connectivity index (χ0v) is 33.3. The molecule has 0 unspecified atom stereocenters. The molecule has 310 valence electrons. The molecule has 4 aromatic rings. The molecule has 7 N–H and O–H groups in total. The van der Waals surface area contributed by atoms with Gasteiger partial charge in [0.2, 0.25) is 35.4 Å². The second-order valence-corrected chi connectivity index (χ2v) is 16.6. The van der Waals surface area contributed by atoms with Crippen LogP contribution in [0.2, 0.25) is 0 Å². The average molecular weight is 803 g/mol. The number of nitrogens with two attached hydrogens (primary N) is 1. The van der Waals surface area contributed by atoms with Crippen molar-refractivity contribution in [2.45, 2.75) is 113 Å². The van der Waals surface area contributed by atoms with E-state index >= 15 is 0 Å². The number of rotatable bonds is 6. The summed E-state index contributed by atoms with van der Waals surface area (Å²) in [5.41, 5.74) is 7.17. The van der Waals surface area contributed by atoms with Gasteiger partial charge < -0.3 is 41.8 Å². The molecule has 4 fully saturated rings. The zero-order valence-electron chi connectivity index (χ0n) is 33.3. The first-order valence-electron chi connectivity index (χ1n) is 21.2. The fraction of sp³-hybridized carbons (Fsp3) is 0.467. The Morgan fingerprint density at radius 2 is 1.27 bits per heavy atom. The lowest BCUT2D eigenvalue weighted by atomic mass is 9.92. The topological polar surface area (TPSA) is 199 Å². The van der Waals surface area contributed by atoms with E-state index in [1.54, 1.807) is 4.90 Å². The summed E-state index contributed by atoms with van der Waals surface area (Å²) in [6, 6.07) is 16.3. The van der Waals surface area contributed by atoms with E-state index in [2.05, 4.69) is 26.3 Å². The van der Waals surface area contributed by atoms with Crippen molar-refractivity contribution in [3.8, 4) is 0 Å². The summed E-state index contributed by atoms with van der Waals surface area (Å²) in [6.45, 7) is 0.728. The van der Waals surface area contributed by atoms with Gasteiger partial charge in [0, 0.05) is 43.0 Å². The van der Waals surface area contributed by atoms with E-state index in [0.717, 1.165) is 32.8 Å². The van der Waals surface area contributed by atoms with Crippen LogP contribution in [0.5, 0.6) is 0 Å². The van der Waals surface area contributed by atoms with Crippen molar-refractivity contribution in [2.24, 2.45) is 5.73 Å². The molecule has 4 aliphatic rings. The highest BCUT2D eigenvalue weighted by Crippen LogP contribution is 2.32. The molecular weight excluding hydrogens is 749 g/mol. The minimum Gasteiger partial charge on any atom is -0.361 e. The number of hydrogen-bond donors (Lipinski definition) is 6. The number of para-hydroxylation sites is 1. The molecule has 0 bridgehead atoms. The molecule has 59 heavy (non-hydrogen) atoms. The summed E-state index contributed by atoms with van der Waals surface area (Å²) in [4.78, 5) is 93.7. The number of benzene rings is 3. The third-order valence-corrected chi connectivity index (χ3v) is 12.9. The second-order valence-electron chi connectivity index (χ2n) is 16.6. The van der Waals surface area contributed by atoms with Gasteiger partial charge in [-0.3, -0.25) is 28.8 Å². The minimum atomic E-state index is -1.37. The van der Waals surface area contributed by atoms with Gasteiger partial charge in [-0.25, -0.2) is 0 Å². The van der Waals surface area contributed by atoms with Crippen LogP contribution in [0, 0.1) is 0 Å². The maximum atomic E-state index is 14.8. The molecule has 0 radical (unpaired) electrons. The van der Waals surface area contributed by atoms with Crippen molar-refractivity contribution in [1.82, 2.24) is 36.1 Å². The number of aromatic amines is 1. The first kappa shape index (κ1) is 40.0. The quantitative estimate of drug-likeness (QED) is 0.172. The zero-order chi connectivity index (χ0) is 41.1. The van der Waals surface area contributed by atoms with Crippen molar-refractivity contribution in [2.75, 3.05) is 19.6 Å². The highest BCUT2D eigenvalue weighted by molar-refractivity contribution is 6.00. The predicted octanol–water partition coefficient (Wildman–Crippen LogP) is 2.72. The SMILES string of the molecule is NCC[C@@H]1NC(=O)[C@H](Cc2cccc3ccccc23)NC(=O)C2(CCCC2)NC(=O)[C@H](Cc2c[nH]c3ccccc23)NC(=O)[C@H]2CCCCN2C(=O)[C@H]2CCCN2C1=O. The van der Waals surface area contributed by atoms with E-state index in [1.165, 1.54) is 4.90 Å². The molecule has 6 amide bonds. The number of H-pyrrole nitrogens is 1. The Hall–Kier alpha value is -5.76. The van der Waals surface area contributed by atoms with Crippen molar-refractivity contribution in [3.05, 3.63) is 84.1 Å². The van der Waals surface area contributed by atoms with Crippen LogP contribution in [0.4, 0.5) is 0 Å². The van der Waals surface area contributed by atoms with Gasteiger partial charge in [0.15, 0.2) is 0 Å². The van der Waals surface area contributed by atoms with Crippen LogP contribution < -0.4 is 27.0 Å². The maximum absolute atomic E-state index is 14.8. The number of amides is 6. The van der Waals surface area contributed by atoms with Gasteiger partial charge >= 0.3 is 0 Å². The van der Waals surface area contributed by atoms with Crippen LogP contribution in [-0.4, -0.2) is 106 Å². The van der Waals surface area contributed by atoms with Crippen molar-refractivity contribution < 1.29 is 28.8 Å². The normalized spacial score (nSPS) is 25.9. The molecule has 3 aliphatic heterocycles. The Balaban J connectivity index is 1.19. The van der Waals surface area contributed by atoms with E-state index in [1.807, 2.05) is 72.9 Å². The summed E-state index contributed by atoms with van der Waals surface area (Å²) < 4.78 is 0. The number of piperidine rings is 1. The number of hydrogen-bond acceptors (Lipinski definition) is 7. The number of carbonyl (C=O) groups excluding carboxylic acids is 6. The van der Waals surface area contributed by atoms with E-state index in [0.29, 0.717) is 70.9 Å². The molecule has 1 spiro atoms. The summed E-state index contributed by atoms with van der Waals surface area (Å²) in [5.74, 6) is -2.80. The van der Waals surface area contributed by atoms with Gasteiger partial charge in [-0.05, 0) is 85.9 Å².